The molecule has 2 aromatic carbocycles. The number of pyridine rings is 1. The van der Waals surface area contributed by atoms with Gasteiger partial charge in [-0.05, 0) is 73.4 Å². The van der Waals surface area contributed by atoms with Crippen LogP contribution in [0, 0.1) is 11.2 Å². The number of aromatic nitrogens is 1. The van der Waals surface area contributed by atoms with Crippen LogP contribution in [-0.4, -0.2) is 34.9 Å². The third kappa shape index (κ3) is 4.25. The largest absolute Gasteiger partial charge is 0.331 e. The first-order valence-electron chi connectivity index (χ1n) is 11.7. The molecule has 1 spiro atoms. The maximum atomic E-state index is 14.0. The van der Waals surface area contributed by atoms with E-state index < -0.39 is 5.41 Å². The van der Waals surface area contributed by atoms with Crippen molar-refractivity contribution in [1.29, 1.82) is 0 Å². The number of piperidine rings is 1. The van der Waals surface area contributed by atoms with Gasteiger partial charge < -0.3 is 15.1 Å². The number of β-lactam (4-membered cyclic amide) rings is 1. The molecule has 1 N–H and O–H groups in total. The van der Waals surface area contributed by atoms with Gasteiger partial charge in [-0.25, -0.2) is 9.18 Å². The molecule has 2 aliphatic heterocycles. The van der Waals surface area contributed by atoms with Gasteiger partial charge in [0, 0.05) is 36.2 Å². The number of nitrogens with zero attached hydrogens (tertiary/aromatic N) is 3. The number of halogens is 2. The van der Waals surface area contributed by atoms with Crippen LogP contribution in [0.25, 0.3) is 0 Å². The lowest BCUT2D eigenvalue weighted by Crippen LogP contribution is -2.67. The van der Waals surface area contributed by atoms with Crippen molar-refractivity contribution in [3.05, 3.63) is 95.0 Å². The highest BCUT2D eigenvalue weighted by atomic mass is 35.5. The predicted octanol–water partition coefficient (Wildman–Crippen LogP) is 5.52. The van der Waals surface area contributed by atoms with Crippen LogP contribution in [0.4, 0.5) is 14.9 Å². The van der Waals surface area contributed by atoms with Gasteiger partial charge in [0.25, 0.3) is 0 Å². The standard InChI is InChI=1S/C27H26ClFN4O2/c1-18(19-9-13-30-14-10-19)31-26(35)32-15-11-27(12-16-32)24(20-5-7-21(28)8-6-20)33(25(27)34)23-4-2-3-22(29)17-23/h2-10,13-14,17-18,24H,11-12,15-16H2,1H3,(H,31,35). The minimum atomic E-state index is -0.645. The topological polar surface area (TPSA) is 65.5 Å². The molecule has 0 aliphatic carbocycles. The van der Waals surface area contributed by atoms with E-state index in [4.69, 9.17) is 11.6 Å². The Bertz CT molecular complexity index is 1230. The molecule has 0 bridgehead atoms. The molecule has 180 valence electrons. The van der Waals surface area contributed by atoms with E-state index in [1.54, 1.807) is 46.5 Å². The molecule has 2 unspecified atom stereocenters. The highest BCUT2D eigenvalue weighted by Crippen LogP contribution is 2.57. The van der Waals surface area contributed by atoms with E-state index in [0.717, 1.165) is 11.1 Å². The number of carbonyl (C=O) groups is 2. The van der Waals surface area contributed by atoms with Crippen LogP contribution in [0.15, 0.2) is 73.1 Å². The number of likely N-dealkylation sites (tertiary alicyclic amines) is 1. The van der Waals surface area contributed by atoms with Gasteiger partial charge in [-0.1, -0.05) is 29.8 Å². The van der Waals surface area contributed by atoms with Crippen LogP contribution < -0.4 is 10.2 Å². The van der Waals surface area contributed by atoms with Gasteiger partial charge in [-0.2, -0.15) is 0 Å². The average molecular weight is 493 g/mol. The number of benzene rings is 2. The average Bonchev–Trinajstić information content (AvgIpc) is 2.88. The fourth-order valence-electron chi connectivity index (χ4n) is 5.27. The van der Waals surface area contributed by atoms with Gasteiger partial charge in [0.2, 0.25) is 5.91 Å². The molecule has 0 radical (unpaired) electrons. The fraction of sp³-hybridized carbons (Fsp3) is 0.296. The molecular weight excluding hydrogens is 467 g/mol. The molecule has 2 aliphatic rings. The normalized spacial score (nSPS) is 19.9. The minimum Gasteiger partial charge on any atom is -0.331 e. The van der Waals surface area contributed by atoms with Crippen molar-refractivity contribution in [2.75, 3.05) is 18.0 Å². The molecule has 0 saturated carbocycles. The van der Waals surface area contributed by atoms with Crippen molar-refractivity contribution >= 4 is 29.2 Å². The van der Waals surface area contributed by atoms with E-state index >= 15 is 0 Å². The van der Waals surface area contributed by atoms with Gasteiger partial charge in [-0.15, -0.1) is 0 Å². The van der Waals surface area contributed by atoms with Crippen LogP contribution in [0.5, 0.6) is 0 Å². The summed E-state index contributed by atoms with van der Waals surface area (Å²) in [6, 6.07) is 16.8. The van der Waals surface area contributed by atoms with Crippen LogP contribution in [0.2, 0.25) is 5.02 Å². The first-order chi connectivity index (χ1) is 16.9. The Balaban J connectivity index is 1.35. The third-order valence-electron chi connectivity index (χ3n) is 7.19. The van der Waals surface area contributed by atoms with Crippen molar-refractivity contribution < 1.29 is 14.0 Å². The predicted molar refractivity (Wildman–Crippen MR) is 133 cm³/mol. The summed E-state index contributed by atoms with van der Waals surface area (Å²) in [5, 5.41) is 3.65. The quantitative estimate of drug-likeness (QED) is 0.488. The SMILES string of the molecule is CC(NC(=O)N1CCC2(CC1)C(=O)N(c1cccc(F)c1)C2c1ccc(Cl)cc1)c1ccncc1. The molecule has 3 aromatic rings. The molecule has 3 amide bonds. The number of amides is 3. The molecule has 1 aromatic heterocycles. The second kappa shape index (κ2) is 9.30. The zero-order chi connectivity index (χ0) is 24.6. The fourth-order valence-corrected chi connectivity index (χ4v) is 5.39. The van der Waals surface area contributed by atoms with Gasteiger partial charge in [0.1, 0.15) is 5.82 Å². The summed E-state index contributed by atoms with van der Waals surface area (Å²) in [6.07, 6.45) is 4.46. The van der Waals surface area contributed by atoms with Gasteiger partial charge >= 0.3 is 6.03 Å². The van der Waals surface area contributed by atoms with Crippen molar-refractivity contribution in [2.24, 2.45) is 5.41 Å². The Hall–Kier alpha value is -3.45. The molecule has 3 heterocycles. The van der Waals surface area contributed by atoms with Crippen LogP contribution in [0.1, 0.15) is 43.0 Å². The van der Waals surface area contributed by atoms with Gasteiger partial charge in [0.15, 0.2) is 0 Å². The molecule has 8 heteroatoms. The molecule has 6 nitrogen and oxygen atoms in total. The zero-order valence-electron chi connectivity index (χ0n) is 19.3. The minimum absolute atomic E-state index is 0.0340. The highest BCUT2D eigenvalue weighted by Gasteiger charge is 2.62. The Labute approximate surface area is 208 Å². The number of carbonyl (C=O) groups excluding carboxylic acids is 2. The van der Waals surface area contributed by atoms with Crippen LogP contribution in [-0.2, 0) is 4.79 Å². The number of nitrogens with one attached hydrogen (secondary N) is 1. The number of hydrogen-bond donors (Lipinski definition) is 1. The first-order valence-corrected chi connectivity index (χ1v) is 12.1. The molecule has 2 fully saturated rings. The van der Waals surface area contributed by atoms with Crippen LogP contribution >= 0.6 is 11.6 Å². The van der Waals surface area contributed by atoms with Crippen LogP contribution in [0.3, 0.4) is 0 Å². The lowest BCUT2D eigenvalue weighted by atomic mass is 9.62. The molecule has 5 rings (SSSR count). The van der Waals surface area contributed by atoms with Gasteiger partial charge in [0.05, 0.1) is 17.5 Å². The Morgan fingerprint density at radius 3 is 2.46 bits per heavy atom. The lowest BCUT2D eigenvalue weighted by Gasteiger charge is -2.59. The number of hydrogen-bond acceptors (Lipinski definition) is 3. The molecular formula is C27H26ClFN4O2. The third-order valence-corrected chi connectivity index (χ3v) is 7.44. The molecule has 35 heavy (non-hydrogen) atoms. The lowest BCUT2D eigenvalue weighted by molar-refractivity contribution is -0.144. The number of anilines is 1. The second-order valence-electron chi connectivity index (χ2n) is 9.20. The summed E-state index contributed by atoms with van der Waals surface area (Å²) in [7, 11) is 0. The van der Waals surface area contributed by atoms with E-state index in [9.17, 15) is 14.0 Å². The van der Waals surface area contributed by atoms with Gasteiger partial charge in [-0.3, -0.25) is 9.78 Å². The number of rotatable bonds is 4. The smallest absolute Gasteiger partial charge is 0.317 e. The molecule has 2 atom stereocenters. The maximum absolute atomic E-state index is 14.0. The van der Waals surface area contributed by atoms with E-state index in [2.05, 4.69) is 10.3 Å². The first kappa shape index (κ1) is 23.3. The van der Waals surface area contributed by atoms with Crippen molar-refractivity contribution in [1.82, 2.24) is 15.2 Å². The monoisotopic (exact) mass is 492 g/mol. The van der Waals surface area contributed by atoms with E-state index in [1.807, 2.05) is 31.2 Å². The maximum Gasteiger partial charge on any atom is 0.317 e. The highest BCUT2D eigenvalue weighted by molar-refractivity contribution is 6.30. The molecule has 2 saturated heterocycles. The summed E-state index contributed by atoms with van der Waals surface area (Å²) >= 11 is 6.11. The zero-order valence-corrected chi connectivity index (χ0v) is 20.1. The van der Waals surface area contributed by atoms with Crippen molar-refractivity contribution in [3.8, 4) is 0 Å². The van der Waals surface area contributed by atoms with E-state index in [1.165, 1.54) is 12.1 Å². The number of urea groups is 1. The Kier molecular flexibility index (Phi) is 6.19. The summed E-state index contributed by atoms with van der Waals surface area (Å²) in [4.78, 5) is 34.0. The summed E-state index contributed by atoms with van der Waals surface area (Å²) < 4.78 is 14.0. The van der Waals surface area contributed by atoms with E-state index in [0.29, 0.717) is 36.6 Å². The van der Waals surface area contributed by atoms with Crippen molar-refractivity contribution in [2.45, 2.75) is 31.8 Å². The summed E-state index contributed by atoms with van der Waals surface area (Å²) in [5.41, 5.74) is 1.81. The second-order valence-corrected chi connectivity index (χ2v) is 9.64. The Morgan fingerprint density at radius 1 is 1.11 bits per heavy atom. The van der Waals surface area contributed by atoms with Crippen molar-refractivity contribution in [3.63, 3.8) is 0 Å². The Morgan fingerprint density at radius 2 is 1.80 bits per heavy atom. The summed E-state index contributed by atoms with van der Waals surface area (Å²) in [5.74, 6) is -0.422. The van der Waals surface area contributed by atoms with E-state index in [-0.39, 0.29) is 29.8 Å². The summed E-state index contributed by atoms with van der Waals surface area (Å²) in [6.45, 7) is 2.85.